The molecule has 6 heteroatoms. The van der Waals surface area contributed by atoms with Crippen LogP contribution in [-0.2, 0) is 7.05 Å². The molecule has 86 valence electrons. The molecular weight excluding hydrogens is 354 g/mol. The molecule has 0 aliphatic carbocycles. The molecule has 0 radical (unpaired) electrons. The molecule has 0 amide bonds. The van der Waals surface area contributed by atoms with Gasteiger partial charge in [-0.1, -0.05) is 0 Å². The van der Waals surface area contributed by atoms with Crippen LogP contribution in [0.5, 0.6) is 0 Å². The van der Waals surface area contributed by atoms with E-state index in [2.05, 4.69) is 48.3 Å². The third kappa shape index (κ3) is 2.40. The minimum atomic E-state index is 0.123. The lowest BCUT2D eigenvalue weighted by Crippen LogP contribution is -2.18. The van der Waals surface area contributed by atoms with Gasteiger partial charge in [0.2, 0.25) is 0 Å². The Labute approximate surface area is 115 Å². The van der Waals surface area contributed by atoms with Gasteiger partial charge < -0.3 is 5.32 Å². The zero-order valence-corrected chi connectivity index (χ0v) is 12.9. The van der Waals surface area contributed by atoms with Crippen molar-refractivity contribution in [2.24, 2.45) is 7.05 Å². The second kappa shape index (κ2) is 5.00. The van der Waals surface area contributed by atoms with Gasteiger partial charge in [0, 0.05) is 18.8 Å². The number of hydrogen-bond donors (Lipinski definition) is 1. The van der Waals surface area contributed by atoms with Gasteiger partial charge in [-0.15, -0.1) is 11.3 Å². The summed E-state index contributed by atoms with van der Waals surface area (Å²) >= 11 is 8.74. The van der Waals surface area contributed by atoms with E-state index in [1.165, 1.54) is 5.56 Å². The van der Waals surface area contributed by atoms with E-state index in [0.29, 0.717) is 0 Å². The highest BCUT2D eigenvalue weighted by Crippen LogP contribution is 2.37. The molecule has 0 aromatic carbocycles. The number of aromatic nitrogens is 2. The van der Waals surface area contributed by atoms with Gasteiger partial charge >= 0.3 is 0 Å². The average Bonchev–Trinajstić information content (AvgIpc) is 2.76. The van der Waals surface area contributed by atoms with Crippen molar-refractivity contribution in [2.75, 3.05) is 7.05 Å². The van der Waals surface area contributed by atoms with Crippen molar-refractivity contribution >= 4 is 43.2 Å². The fraction of sp³-hybridized carbons (Fsp3) is 0.300. The summed E-state index contributed by atoms with van der Waals surface area (Å²) in [6, 6.07) is 4.27. The molecule has 0 fully saturated rings. The van der Waals surface area contributed by atoms with Gasteiger partial charge in [0.25, 0.3) is 0 Å². The van der Waals surface area contributed by atoms with Crippen LogP contribution >= 0.6 is 43.2 Å². The molecule has 1 N–H and O–H groups in total. The number of halogens is 2. The van der Waals surface area contributed by atoms with Crippen LogP contribution in [0.2, 0.25) is 0 Å². The van der Waals surface area contributed by atoms with Crippen molar-refractivity contribution in [3.8, 4) is 0 Å². The Hall–Kier alpha value is -0.170. The summed E-state index contributed by atoms with van der Waals surface area (Å²) in [7, 11) is 3.87. The van der Waals surface area contributed by atoms with E-state index < -0.39 is 0 Å². The van der Waals surface area contributed by atoms with Crippen LogP contribution in [0, 0.1) is 0 Å². The average molecular weight is 365 g/mol. The summed E-state index contributed by atoms with van der Waals surface area (Å²) in [5, 5.41) is 7.71. The molecule has 1 atom stereocenters. The first-order valence-electron chi connectivity index (χ1n) is 4.73. The monoisotopic (exact) mass is 363 g/mol. The molecular formula is C10H11Br2N3S. The number of aryl methyl sites for hydroxylation is 1. The van der Waals surface area contributed by atoms with Crippen LogP contribution in [0.4, 0.5) is 0 Å². The fourth-order valence-electron chi connectivity index (χ4n) is 1.60. The number of rotatable bonds is 3. The maximum atomic E-state index is 4.43. The summed E-state index contributed by atoms with van der Waals surface area (Å²) in [5.74, 6) is 0. The summed E-state index contributed by atoms with van der Waals surface area (Å²) in [6.45, 7) is 0. The largest absolute Gasteiger partial charge is 0.308 e. The van der Waals surface area contributed by atoms with Crippen LogP contribution in [0.15, 0.2) is 25.9 Å². The van der Waals surface area contributed by atoms with Crippen molar-refractivity contribution in [3.05, 3.63) is 37.2 Å². The molecule has 2 rings (SSSR count). The highest BCUT2D eigenvalue weighted by atomic mass is 79.9. The first-order chi connectivity index (χ1) is 7.61. The third-order valence-corrected chi connectivity index (χ3v) is 4.70. The summed E-state index contributed by atoms with van der Waals surface area (Å²) in [6.07, 6.45) is 1.95. The molecule has 1 unspecified atom stereocenters. The van der Waals surface area contributed by atoms with Crippen LogP contribution in [0.25, 0.3) is 0 Å². The van der Waals surface area contributed by atoms with E-state index in [1.807, 2.05) is 31.0 Å². The van der Waals surface area contributed by atoms with Gasteiger partial charge in [-0.05, 0) is 51.0 Å². The molecule has 2 aromatic heterocycles. The van der Waals surface area contributed by atoms with E-state index >= 15 is 0 Å². The number of nitrogens with zero attached hydrogens (tertiary/aromatic N) is 2. The van der Waals surface area contributed by atoms with Crippen molar-refractivity contribution in [3.63, 3.8) is 0 Å². The maximum Gasteiger partial charge on any atom is 0.0839 e. The Morgan fingerprint density at radius 3 is 2.69 bits per heavy atom. The van der Waals surface area contributed by atoms with Crippen molar-refractivity contribution in [1.82, 2.24) is 15.1 Å². The highest BCUT2D eigenvalue weighted by molar-refractivity contribution is 9.12. The molecule has 3 nitrogen and oxygen atoms in total. The lowest BCUT2D eigenvalue weighted by Gasteiger charge is -2.12. The Morgan fingerprint density at radius 2 is 2.25 bits per heavy atom. The molecule has 2 heterocycles. The van der Waals surface area contributed by atoms with Gasteiger partial charge in [0.15, 0.2) is 0 Å². The fourth-order valence-corrected chi connectivity index (χ4v) is 4.50. The van der Waals surface area contributed by atoms with Gasteiger partial charge in [-0.3, -0.25) is 4.68 Å². The van der Waals surface area contributed by atoms with E-state index in [9.17, 15) is 0 Å². The Bertz CT molecular complexity index is 492. The Morgan fingerprint density at radius 1 is 1.50 bits per heavy atom. The number of hydrogen-bond acceptors (Lipinski definition) is 3. The van der Waals surface area contributed by atoms with Crippen molar-refractivity contribution in [1.29, 1.82) is 0 Å². The van der Waals surface area contributed by atoms with Crippen LogP contribution in [0.3, 0.4) is 0 Å². The van der Waals surface area contributed by atoms with Crippen LogP contribution < -0.4 is 5.32 Å². The molecule has 0 saturated heterocycles. The van der Waals surface area contributed by atoms with Gasteiger partial charge in [-0.2, -0.15) is 5.10 Å². The van der Waals surface area contributed by atoms with Crippen molar-refractivity contribution < 1.29 is 0 Å². The predicted octanol–water partition coefficient (Wildman–Crippen LogP) is 3.32. The van der Waals surface area contributed by atoms with E-state index in [4.69, 9.17) is 0 Å². The maximum absolute atomic E-state index is 4.43. The Balaban J connectivity index is 2.40. The van der Waals surface area contributed by atoms with Crippen molar-refractivity contribution in [2.45, 2.75) is 6.04 Å². The quantitative estimate of drug-likeness (QED) is 0.905. The second-order valence-corrected chi connectivity index (χ2v) is 7.16. The molecule has 16 heavy (non-hydrogen) atoms. The topological polar surface area (TPSA) is 29.9 Å². The normalized spacial score (nSPS) is 13.0. The Kier molecular flexibility index (Phi) is 3.84. The minimum absolute atomic E-state index is 0.123. The van der Waals surface area contributed by atoms with E-state index in [0.717, 1.165) is 13.3 Å². The zero-order valence-electron chi connectivity index (χ0n) is 8.87. The number of thiophene rings is 1. The summed E-state index contributed by atoms with van der Waals surface area (Å²) in [4.78, 5) is 0. The van der Waals surface area contributed by atoms with Gasteiger partial charge in [0.05, 0.1) is 19.3 Å². The smallest absolute Gasteiger partial charge is 0.0839 e. The van der Waals surface area contributed by atoms with Crippen LogP contribution in [-0.4, -0.2) is 16.8 Å². The first kappa shape index (κ1) is 12.3. The summed E-state index contributed by atoms with van der Waals surface area (Å²) < 4.78 is 4.06. The first-order valence-corrected chi connectivity index (χ1v) is 7.13. The summed E-state index contributed by atoms with van der Waals surface area (Å²) in [5.41, 5.74) is 2.23. The molecule has 2 aromatic rings. The third-order valence-electron chi connectivity index (χ3n) is 2.31. The zero-order chi connectivity index (χ0) is 11.7. The lowest BCUT2D eigenvalue weighted by molar-refractivity contribution is 0.642. The standard InChI is InChI=1S/C10H11Br2N3S/c1-13-9(7-3-4-15(2)14-7)6-5-8(11)16-10(6)12/h3-5,9,13H,1-2H3. The molecule has 0 aliphatic rings. The second-order valence-electron chi connectivity index (χ2n) is 3.42. The lowest BCUT2D eigenvalue weighted by atomic mass is 10.1. The van der Waals surface area contributed by atoms with E-state index in [-0.39, 0.29) is 6.04 Å². The SMILES string of the molecule is CNC(c1ccn(C)n1)c1cc(Br)sc1Br. The molecule has 0 spiro atoms. The molecule has 0 aliphatic heterocycles. The van der Waals surface area contributed by atoms with Gasteiger partial charge in [-0.25, -0.2) is 0 Å². The van der Waals surface area contributed by atoms with E-state index in [1.54, 1.807) is 11.3 Å². The predicted molar refractivity (Wildman–Crippen MR) is 73.8 cm³/mol. The molecule has 0 saturated carbocycles. The van der Waals surface area contributed by atoms with Crippen LogP contribution in [0.1, 0.15) is 17.3 Å². The number of nitrogens with one attached hydrogen (secondary N) is 1. The van der Waals surface area contributed by atoms with Gasteiger partial charge in [0.1, 0.15) is 0 Å². The minimum Gasteiger partial charge on any atom is -0.308 e. The molecule has 0 bridgehead atoms. The highest BCUT2D eigenvalue weighted by Gasteiger charge is 2.19.